The Morgan fingerprint density at radius 1 is 1.26 bits per heavy atom. The van der Waals surface area contributed by atoms with E-state index in [1.165, 1.54) is 6.20 Å². The van der Waals surface area contributed by atoms with Crippen LogP contribution < -0.4 is 4.74 Å². The molecule has 0 radical (unpaired) electrons. The molecule has 2 aromatic heterocycles. The number of aliphatic hydroxyl groups excluding tert-OH is 1. The molecule has 2 fully saturated rings. The number of carbonyl (C=O) groups is 1. The van der Waals surface area contributed by atoms with Crippen molar-refractivity contribution in [3.8, 4) is 17.0 Å². The van der Waals surface area contributed by atoms with Gasteiger partial charge in [0.15, 0.2) is 6.79 Å². The van der Waals surface area contributed by atoms with E-state index in [9.17, 15) is 23.1 Å². The third-order valence-electron chi connectivity index (χ3n) is 6.93. The van der Waals surface area contributed by atoms with Crippen molar-refractivity contribution in [3.63, 3.8) is 0 Å². The molecule has 1 saturated carbocycles. The summed E-state index contributed by atoms with van der Waals surface area (Å²) in [5.74, 6) is 0.160. The zero-order chi connectivity index (χ0) is 27.2. The number of ether oxygens (including phenoxy) is 2. The summed E-state index contributed by atoms with van der Waals surface area (Å²) in [6, 6.07) is 2.31. The van der Waals surface area contributed by atoms with Crippen LogP contribution in [-0.2, 0) is 22.3 Å². The number of hydrogen-bond donors (Lipinski definition) is 1. The van der Waals surface area contributed by atoms with Crippen molar-refractivity contribution in [1.29, 1.82) is 0 Å². The van der Waals surface area contributed by atoms with E-state index in [0.29, 0.717) is 54.5 Å². The van der Waals surface area contributed by atoms with Crippen molar-refractivity contribution < 1.29 is 32.5 Å². The summed E-state index contributed by atoms with van der Waals surface area (Å²) < 4.78 is 52.9. The first-order valence-corrected chi connectivity index (χ1v) is 12.7. The quantitative estimate of drug-likeness (QED) is 0.324. The van der Waals surface area contributed by atoms with Crippen LogP contribution in [0.2, 0.25) is 0 Å². The van der Waals surface area contributed by atoms with Gasteiger partial charge in [0.05, 0.1) is 29.3 Å². The van der Waals surface area contributed by atoms with Gasteiger partial charge in [-0.05, 0) is 51.3 Å². The number of amides is 1. The summed E-state index contributed by atoms with van der Waals surface area (Å²) in [6.45, 7) is 6.09. The fraction of sp³-hybridized carbons (Fsp3) is 0.538. The Labute approximate surface area is 217 Å². The maximum Gasteiger partial charge on any atom is 0.416 e. The molecule has 0 bridgehead atoms. The van der Waals surface area contributed by atoms with E-state index in [2.05, 4.69) is 15.1 Å². The average molecular weight is 534 g/mol. The van der Waals surface area contributed by atoms with Gasteiger partial charge in [-0.3, -0.25) is 9.48 Å². The maximum absolute atomic E-state index is 13.5. The molecule has 0 unspecified atom stereocenters. The Kier molecular flexibility index (Phi) is 7.03. The largest absolute Gasteiger partial charge is 0.467 e. The molecule has 1 aliphatic heterocycles. The van der Waals surface area contributed by atoms with Gasteiger partial charge in [0.25, 0.3) is 0 Å². The molecular formula is C26H30F3N5O4. The van der Waals surface area contributed by atoms with Gasteiger partial charge in [-0.2, -0.15) is 18.3 Å². The fourth-order valence-electron chi connectivity index (χ4n) is 5.06. The van der Waals surface area contributed by atoms with E-state index in [-0.39, 0.29) is 35.7 Å². The molecule has 1 amide bonds. The predicted molar refractivity (Wildman–Crippen MR) is 131 cm³/mol. The number of aryl methyl sites for hydroxylation is 1. The van der Waals surface area contributed by atoms with Crippen LogP contribution in [0.1, 0.15) is 56.0 Å². The minimum Gasteiger partial charge on any atom is -0.467 e. The number of alkyl halides is 3. The second-order valence-corrected chi connectivity index (χ2v) is 9.94. The van der Waals surface area contributed by atoms with Crippen molar-refractivity contribution in [2.75, 3.05) is 19.9 Å². The van der Waals surface area contributed by atoms with E-state index in [0.717, 1.165) is 25.0 Å². The molecule has 1 N–H and O–H groups in total. The van der Waals surface area contributed by atoms with E-state index >= 15 is 0 Å². The second kappa shape index (κ2) is 10.1. The smallest absolute Gasteiger partial charge is 0.416 e. The first-order valence-electron chi connectivity index (χ1n) is 12.7. The van der Waals surface area contributed by atoms with Gasteiger partial charge in [0.2, 0.25) is 11.6 Å². The Morgan fingerprint density at radius 3 is 2.68 bits per heavy atom. The molecule has 3 aromatic rings. The average Bonchev–Trinajstić information content (AvgIpc) is 3.52. The highest BCUT2D eigenvalue weighted by Gasteiger charge is 2.40. The van der Waals surface area contributed by atoms with Gasteiger partial charge in [0, 0.05) is 43.6 Å². The number of halogens is 3. The van der Waals surface area contributed by atoms with Crippen LogP contribution in [-0.4, -0.2) is 61.6 Å². The zero-order valence-corrected chi connectivity index (χ0v) is 21.5. The summed E-state index contributed by atoms with van der Waals surface area (Å²) in [7, 11) is 0. The molecule has 2 atom stereocenters. The normalized spacial score (nSPS) is 19.0. The summed E-state index contributed by atoms with van der Waals surface area (Å²) in [6.07, 6.45) is -1.50. The van der Waals surface area contributed by atoms with Crippen LogP contribution in [0, 0.1) is 12.8 Å². The molecule has 5 rings (SSSR count). The van der Waals surface area contributed by atoms with Crippen molar-refractivity contribution in [1.82, 2.24) is 24.6 Å². The topological polar surface area (TPSA) is 103 Å². The van der Waals surface area contributed by atoms with Crippen LogP contribution in [0.25, 0.3) is 22.4 Å². The number of aromatic nitrogens is 4. The molecule has 1 aromatic carbocycles. The lowest BCUT2D eigenvalue weighted by atomic mass is 10.0. The minimum absolute atomic E-state index is 0.0285. The standard InChI is InChI=1S/C26H30F3N5O4/c1-4-37-13-38-20-9-17(26(27,28)29)7-14(2)22(20)19-10-30-23-24(15(3)35)34(32-25(23)31-19)12-16-8-21(36)33(11-16)18-5-6-18/h7,9-10,15-16,18,35H,4-6,8,11-13H2,1-3H3/t15-,16-/m1/s1. The number of benzene rings is 1. The SMILES string of the molecule is CCOCOc1cc(C(F)(F)F)cc(C)c1-c1cnc2c([C@@H](C)O)n(C[C@@H]3CC(=O)N(C4CC4)C3)nc2n1. The molecule has 0 spiro atoms. The number of carbonyl (C=O) groups excluding carboxylic acids is 1. The molecule has 1 aliphatic carbocycles. The van der Waals surface area contributed by atoms with Crippen molar-refractivity contribution >= 4 is 17.1 Å². The van der Waals surface area contributed by atoms with Crippen molar-refractivity contribution in [3.05, 3.63) is 35.2 Å². The molecule has 9 nitrogen and oxygen atoms in total. The second-order valence-electron chi connectivity index (χ2n) is 9.94. The molecule has 38 heavy (non-hydrogen) atoms. The monoisotopic (exact) mass is 533 g/mol. The van der Waals surface area contributed by atoms with E-state index in [1.54, 1.807) is 25.5 Å². The van der Waals surface area contributed by atoms with Crippen LogP contribution in [0.15, 0.2) is 18.3 Å². The van der Waals surface area contributed by atoms with Crippen LogP contribution in [0.3, 0.4) is 0 Å². The third kappa shape index (κ3) is 5.19. The Balaban J connectivity index is 1.51. The van der Waals surface area contributed by atoms with Crippen LogP contribution in [0.4, 0.5) is 13.2 Å². The summed E-state index contributed by atoms with van der Waals surface area (Å²) in [4.78, 5) is 23.5. The van der Waals surface area contributed by atoms with Gasteiger partial charge in [0.1, 0.15) is 11.3 Å². The number of likely N-dealkylation sites (tertiary alicyclic amines) is 1. The summed E-state index contributed by atoms with van der Waals surface area (Å²) in [5.41, 5.74) is 1.22. The Hall–Kier alpha value is -3.25. The fourth-order valence-corrected chi connectivity index (χ4v) is 5.06. The highest BCUT2D eigenvalue weighted by atomic mass is 19.4. The van der Waals surface area contributed by atoms with E-state index in [4.69, 9.17) is 9.47 Å². The third-order valence-corrected chi connectivity index (χ3v) is 6.93. The lowest BCUT2D eigenvalue weighted by Crippen LogP contribution is -2.28. The van der Waals surface area contributed by atoms with Crippen molar-refractivity contribution in [2.24, 2.45) is 5.92 Å². The van der Waals surface area contributed by atoms with Crippen LogP contribution in [0.5, 0.6) is 5.75 Å². The molecule has 204 valence electrons. The number of nitrogens with zero attached hydrogens (tertiary/aromatic N) is 5. The highest BCUT2D eigenvalue weighted by molar-refractivity contribution is 5.80. The van der Waals surface area contributed by atoms with Gasteiger partial charge in [-0.15, -0.1) is 0 Å². The highest BCUT2D eigenvalue weighted by Crippen LogP contribution is 2.40. The minimum atomic E-state index is -4.55. The molecule has 1 saturated heterocycles. The number of hydrogen-bond acceptors (Lipinski definition) is 7. The predicted octanol–water partition coefficient (Wildman–Crippen LogP) is 4.26. The molecule has 12 heteroatoms. The van der Waals surface area contributed by atoms with Gasteiger partial charge in [-0.25, -0.2) is 9.97 Å². The molecular weight excluding hydrogens is 503 g/mol. The lowest BCUT2D eigenvalue weighted by molar-refractivity contribution is -0.137. The molecule has 3 heterocycles. The van der Waals surface area contributed by atoms with Gasteiger partial charge in [-0.1, -0.05) is 0 Å². The molecule has 2 aliphatic rings. The van der Waals surface area contributed by atoms with Gasteiger partial charge < -0.3 is 19.5 Å². The van der Waals surface area contributed by atoms with E-state index in [1.807, 2.05) is 4.90 Å². The first kappa shape index (κ1) is 26.4. The van der Waals surface area contributed by atoms with Crippen LogP contribution >= 0.6 is 0 Å². The van der Waals surface area contributed by atoms with Crippen molar-refractivity contribution in [2.45, 2.75) is 64.9 Å². The zero-order valence-electron chi connectivity index (χ0n) is 21.5. The maximum atomic E-state index is 13.5. The van der Waals surface area contributed by atoms with E-state index < -0.39 is 17.8 Å². The first-order chi connectivity index (χ1) is 18.1. The number of fused-ring (bicyclic) bond motifs is 1. The number of aliphatic hydroxyl groups is 1. The lowest BCUT2D eigenvalue weighted by Gasteiger charge is -2.17. The number of rotatable bonds is 9. The summed E-state index contributed by atoms with van der Waals surface area (Å²) >= 11 is 0. The Bertz CT molecular complexity index is 1350. The Morgan fingerprint density at radius 2 is 2.03 bits per heavy atom. The van der Waals surface area contributed by atoms with Gasteiger partial charge >= 0.3 is 6.18 Å². The summed E-state index contributed by atoms with van der Waals surface area (Å²) in [5, 5.41) is 15.1.